The molecule has 1 heterocycles. The van der Waals surface area contributed by atoms with Crippen LogP contribution in [0.5, 0.6) is 0 Å². The number of Topliss-reactive ketones (excluding diaryl/α,β-unsaturated/α-hetero) is 1. The standard InChI is InChI=1S/C21H23NO/c23-21(17-11-5-2-6-12-17)19-15-22(18-13-7-8-14-18)20(19)16-9-3-1-4-10-16/h1-6,9-12,18-20H,7-8,13-15H2. The molecule has 118 valence electrons. The monoisotopic (exact) mass is 305 g/mol. The van der Waals surface area contributed by atoms with E-state index in [1.54, 1.807) is 0 Å². The van der Waals surface area contributed by atoms with Crippen molar-refractivity contribution < 1.29 is 4.79 Å². The fourth-order valence-corrected chi connectivity index (χ4v) is 4.26. The van der Waals surface area contributed by atoms with Gasteiger partial charge in [0.25, 0.3) is 0 Å². The number of hydrogen-bond donors (Lipinski definition) is 0. The van der Waals surface area contributed by atoms with Crippen molar-refractivity contribution in [3.05, 3.63) is 71.8 Å². The van der Waals surface area contributed by atoms with Gasteiger partial charge < -0.3 is 0 Å². The fourth-order valence-electron chi connectivity index (χ4n) is 4.26. The number of benzene rings is 2. The zero-order chi connectivity index (χ0) is 15.6. The lowest BCUT2D eigenvalue weighted by Crippen LogP contribution is -2.56. The van der Waals surface area contributed by atoms with Gasteiger partial charge in [0.15, 0.2) is 5.78 Å². The van der Waals surface area contributed by atoms with Crippen LogP contribution in [0.4, 0.5) is 0 Å². The van der Waals surface area contributed by atoms with Gasteiger partial charge >= 0.3 is 0 Å². The van der Waals surface area contributed by atoms with E-state index in [9.17, 15) is 4.79 Å². The van der Waals surface area contributed by atoms with Gasteiger partial charge in [-0.3, -0.25) is 9.69 Å². The predicted octanol–water partition coefficient (Wildman–Crippen LogP) is 4.49. The van der Waals surface area contributed by atoms with Crippen LogP contribution in [-0.2, 0) is 0 Å². The minimum Gasteiger partial charge on any atom is -0.294 e. The maximum atomic E-state index is 12.9. The summed E-state index contributed by atoms with van der Waals surface area (Å²) in [6.07, 6.45) is 5.24. The van der Waals surface area contributed by atoms with Crippen molar-refractivity contribution in [3.63, 3.8) is 0 Å². The molecule has 2 atom stereocenters. The van der Waals surface area contributed by atoms with Gasteiger partial charge in [0.2, 0.25) is 0 Å². The van der Waals surface area contributed by atoms with Crippen LogP contribution in [0.25, 0.3) is 0 Å². The number of nitrogens with zero attached hydrogens (tertiary/aromatic N) is 1. The van der Waals surface area contributed by atoms with Gasteiger partial charge in [0, 0.05) is 24.2 Å². The van der Waals surface area contributed by atoms with E-state index in [1.807, 2.05) is 30.3 Å². The van der Waals surface area contributed by atoms with Crippen molar-refractivity contribution in [3.8, 4) is 0 Å². The number of rotatable bonds is 4. The Labute approximate surface area is 138 Å². The molecule has 0 amide bonds. The Hall–Kier alpha value is -1.93. The van der Waals surface area contributed by atoms with Crippen molar-refractivity contribution in [2.24, 2.45) is 5.92 Å². The lowest BCUT2D eigenvalue weighted by Gasteiger charge is -2.51. The quantitative estimate of drug-likeness (QED) is 0.776. The van der Waals surface area contributed by atoms with Crippen molar-refractivity contribution in [1.29, 1.82) is 0 Å². The van der Waals surface area contributed by atoms with Crippen LogP contribution in [0.3, 0.4) is 0 Å². The topological polar surface area (TPSA) is 20.3 Å². The maximum absolute atomic E-state index is 12.9. The SMILES string of the molecule is O=C(c1ccccc1)C1CN(C2CCCC2)C1c1ccccc1. The van der Waals surface area contributed by atoms with Gasteiger partial charge in [-0.2, -0.15) is 0 Å². The fraction of sp³-hybridized carbons (Fsp3) is 0.381. The first-order valence-electron chi connectivity index (χ1n) is 8.74. The molecule has 2 aliphatic rings. The van der Waals surface area contributed by atoms with Gasteiger partial charge in [0.05, 0.1) is 5.92 Å². The molecule has 0 bridgehead atoms. The summed E-state index contributed by atoms with van der Waals surface area (Å²) in [5.74, 6) is 0.397. The average molecular weight is 305 g/mol. The van der Waals surface area contributed by atoms with E-state index in [0.29, 0.717) is 11.8 Å². The molecule has 1 saturated carbocycles. The average Bonchev–Trinajstić information content (AvgIpc) is 3.10. The molecular formula is C21H23NO. The molecule has 4 rings (SSSR count). The molecule has 23 heavy (non-hydrogen) atoms. The molecule has 1 saturated heterocycles. The minimum absolute atomic E-state index is 0.0976. The van der Waals surface area contributed by atoms with Crippen molar-refractivity contribution in [2.45, 2.75) is 37.8 Å². The molecule has 2 unspecified atom stereocenters. The third-order valence-corrected chi connectivity index (χ3v) is 5.48. The Balaban J connectivity index is 1.61. The molecule has 0 aromatic heterocycles. The molecule has 1 aliphatic carbocycles. The molecule has 2 fully saturated rings. The zero-order valence-electron chi connectivity index (χ0n) is 13.4. The number of hydrogen-bond acceptors (Lipinski definition) is 2. The molecule has 0 spiro atoms. The van der Waals surface area contributed by atoms with E-state index in [-0.39, 0.29) is 12.0 Å². The van der Waals surface area contributed by atoms with E-state index in [2.05, 4.69) is 35.2 Å². The normalized spacial score (nSPS) is 25.2. The molecule has 2 nitrogen and oxygen atoms in total. The molecular weight excluding hydrogens is 282 g/mol. The first kappa shape index (κ1) is 14.6. The smallest absolute Gasteiger partial charge is 0.169 e. The van der Waals surface area contributed by atoms with E-state index in [0.717, 1.165) is 12.1 Å². The van der Waals surface area contributed by atoms with Crippen molar-refractivity contribution in [2.75, 3.05) is 6.54 Å². The lowest BCUT2D eigenvalue weighted by molar-refractivity contribution is -0.0126. The largest absolute Gasteiger partial charge is 0.294 e. The summed E-state index contributed by atoms with van der Waals surface area (Å²) >= 11 is 0. The van der Waals surface area contributed by atoms with E-state index < -0.39 is 0 Å². The second-order valence-corrected chi connectivity index (χ2v) is 6.83. The summed E-state index contributed by atoms with van der Waals surface area (Å²) in [5.41, 5.74) is 2.14. The Kier molecular flexibility index (Phi) is 4.00. The first-order valence-corrected chi connectivity index (χ1v) is 8.74. The second kappa shape index (κ2) is 6.29. The first-order chi connectivity index (χ1) is 11.3. The minimum atomic E-state index is 0.0976. The maximum Gasteiger partial charge on any atom is 0.169 e. The van der Waals surface area contributed by atoms with Crippen LogP contribution in [0.15, 0.2) is 60.7 Å². The summed E-state index contributed by atoms with van der Waals surface area (Å²) in [4.78, 5) is 15.5. The highest BCUT2D eigenvalue weighted by atomic mass is 16.1. The second-order valence-electron chi connectivity index (χ2n) is 6.83. The summed E-state index contributed by atoms with van der Waals surface area (Å²) < 4.78 is 0. The van der Waals surface area contributed by atoms with Gasteiger partial charge in [0.1, 0.15) is 0 Å². The summed E-state index contributed by atoms with van der Waals surface area (Å²) in [5, 5.41) is 0. The molecule has 2 aromatic carbocycles. The Bertz CT molecular complexity index is 661. The summed E-state index contributed by atoms with van der Waals surface area (Å²) in [6.45, 7) is 0.915. The Morgan fingerprint density at radius 2 is 1.48 bits per heavy atom. The molecule has 1 aliphatic heterocycles. The number of carbonyl (C=O) groups is 1. The molecule has 2 heteroatoms. The Morgan fingerprint density at radius 3 is 2.13 bits per heavy atom. The van der Waals surface area contributed by atoms with E-state index in [1.165, 1.54) is 31.2 Å². The predicted molar refractivity (Wildman–Crippen MR) is 92.4 cm³/mol. The highest BCUT2D eigenvalue weighted by Crippen LogP contribution is 2.45. The van der Waals surface area contributed by atoms with Crippen LogP contribution >= 0.6 is 0 Å². The van der Waals surface area contributed by atoms with E-state index >= 15 is 0 Å². The highest BCUT2D eigenvalue weighted by Gasteiger charge is 2.47. The highest BCUT2D eigenvalue weighted by molar-refractivity contribution is 5.99. The summed E-state index contributed by atoms with van der Waals surface area (Å²) in [7, 11) is 0. The van der Waals surface area contributed by atoms with Crippen molar-refractivity contribution >= 4 is 5.78 Å². The van der Waals surface area contributed by atoms with E-state index in [4.69, 9.17) is 0 Å². The lowest BCUT2D eigenvalue weighted by atomic mass is 9.77. The number of likely N-dealkylation sites (tertiary alicyclic amines) is 1. The third kappa shape index (κ3) is 2.72. The number of ketones is 1. The van der Waals surface area contributed by atoms with Gasteiger partial charge in [-0.1, -0.05) is 73.5 Å². The zero-order valence-corrected chi connectivity index (χ0v) is 13.4. The molecule has 0 radical (unpaired) electrons. The van der Waals surface area contributed by atoms with Crippen LogP contribution in [0.1, 0.15) is 47.6 Å². The third-order valence-electron chi connectivity index (χ3n) is 5.48. The number of carbonyl (C=O) groups excluding carboxylic acids is 1. The molecule has 0 N–H and O–H groups in total. The van der Waals surface area contributed by atoms with Gasteiger partial charge in [-0.05, 0) is 18.4 Å². The van der Waals surface area contributed by atoms with Gasteiger partial charge in [-0.15, -0.1) is 0 Å². The molecule has 2 aromatic rings. The van der Waals surface area contributed by atoms with Gasteiger partial charge in [-0.25, -0.2) is 0 Å². The van der Waals surface area contributed by atoms with Crippen LogP contribution in [0, 0.1) is 5.92 Å². The van der Waals surface area contributed by atoms with Crippen LogP contribution < -0.4 is 0 Å². The van der Waals surface area contributed by atoms with Crippen LogP contribution in [-0.4, -0.2) is 23.3 Å². The Morgan fingerprint density at radius 1 is 0.870 bits per heavy atom. The van der Waals surface area contributed by atoms with Crippen molar-refractivity contribution in [1.82, 2.24) is 4.90 Å². The van der Waals surface area contributed by atoms with Crippen LogP contribution in [0.2, 0.25) is 0 Å². The summed E-state index contributed by atoms with van der Waals surface area (Å²) in [6, 6.07) is 21.3.